The third-order valence-corrected chi connectivity index (χ3v) is 0.518. The molecule has 0 radical (unpaired) electrons. The monoisotopic (exact) mass is 118 g/mol. The fourth-order valence-electron chi connectivity index (χ4n) is 0.221. The summed E-state index contributed by atoms with van der Waals surface area (Å²) >= 11 is 0. The predicted molar refractivity (Wildman–Crippen MR) is 26.9 cm³/mol. The molecule has 0 rings (SSSR count). The fourth-order valence-corrected chi connectivity index (χ4v) is 0.221. The molecule has 0 aromatic carbocycles. The zero-order chi connectivity index (χ0) is 6.57. The SMILES string of the molecule is COC(=O)/C=C(\C)F. The minimum atomic E-state index is -0.662. The normalized spacial score (nSPS) is 11.1. The van der Waals surface area contributed by atoms with Crippen LogP contribution in [0.1, 0.15) is 6.92 Å². The second-order valence-electron chi connectivity index (χ2n) is 1.25. The molecule has 0 saturated carbocycles. The topological polar surface area (TPSA) is 26.3 Å². The summed E-state index contributed by atoms with van der Waals surface area (Å²) in [5.74, 6) is -1.21. The van der Waals surface area contributed by atoms with Crippen LogP contribution >= 0.6 is 0 Å². The number of rotatable bonds is 1. The number of halogens is 1. The van der Waals surface area contributed by atoms with E-state index in [2.05, 4.69) is 4.74 Å². The van der Waals surface area contributed by atoms with Crippen molar-refractivity contribution in [3.8, 4) is 0 Å². The van der Waals surface area contributed by atoms with Gasteiger partial charge in [-0.05, 0) is 6.92 Å². The molecule has 2 nitrogen and oxygen atoms in total. The molecule has 0 aliphatic heterocycles. The van der Waals surface area contributed by atoms with E-state index in [1.165, 1.54) is 14.0 Å². The maximum Gasteiger partial charge on any atom is 0.333 e. The van der Waals surface area contributed by atoms with Crippen molar-refractivity contribution < 1.29 is 13.9 Å². The molecule has 0 atom stereocenters. The van der Waals surface area contributed by atoms with Crippen molar-refractivity contribution in [2.45, 2.75) is 6.92 Å². The molecule has 0 fully saturated rings. The van der Waals surface area contributed by atoms with E-state index in [0.29, 0.717) is 0 Å². The lowest BCUT2D eigenvalue weighted by atomic mass is 10.5. The second kappa shape index (κ2) is 3.18. The first-order valence-electron chi connectivity index (χ1n) is 2.08. The number of allylic oxidation sites excluding steroid dienone is 1. The highest BCUT2D eigenvalue weighted by molar-refractivity contribution is 5.82. The molecule has 0 aliphatic rings. The van der Waals surface area contributed by atoms with Crippen molar-refractivity contribution in [3.05, 3.63) is 11.9 Å². The Hall–Kier alpha value is -0.860. The lowest BCUT2D eigenvalue weighted by molar-refractivity contribution is -0.134. The van der Waals surface area contributed by atoms with E-state index >= 15 is 0 Å². The van der Waals surface area contributed by atoms with Gasteiger partial charge in [-0.1, -0.05) is 0 Å². The molecule has 0 unspecified atom stereocenters. The van der Waals surface area contributed by atoms with E-state index in [0.717, 1.165) is 6.08 Å². The summed E-state index contributed by atoms with van der Waals surface area (Å²) in [7, 11) is 1.20. The maximum atomic E-state index is 11.7. The molecule has 0 aromatic heterocycles. The third kappa shape index (κ3) is 3.33. The van der Waals surface area contributed by atoms with Gasteiger partial charge in [-0.3, -0.25) is 0 Å². The van der Waals surface area contributed by atoms with Gasteiger partial charge in [0.05, 0.1) is 13.2 Å². The van der Waals surface area contributed by atoms with Crippen LogP contribution in [0.4, 0.5) is 4.39 Å². The van der Waals surface area contributed by atoms with Crippen molar-refractivity contribution in [1.82, 2.24) is 0 Å². The lowest BCUT2D eigenvalue weighted by Gasteiger charge is -1.86. The molecule has 0 spiro atoms. The van der Waals surface area contributed by atoms with Gasteiger partial charge in [0.1, 0.15) is 5.83 Å². The first-order valence-corrected chi connectivity index (χ1v) is 2.08. The zero-order valence-corrected chi connectivity index (χ0v) is 4.77. The molecule has 0 bridgehead atoms. The Morgan fingerprint density at radius 1 is 1.75 bits per heavy atom. The van der Waals surface area contributed by atoms with Crippen molar-refractivity contribution in [2.24, 2.45) is 0 Å². The molecule has 3 heteroatoms. The minimum Gasteiger partial charge on any atom is -0.466 e. The second-order valence-corrected chi connectivity index (χ2v) is 1.25. The molecule has 0 amide bonds. The highest BCUT2D eigenvalue weighted by Crippen LogP contribution is 1.91. The number of hydrogen-bond donors (Lipinski definition) is 0. The van der Waals surface area contributed by atoms with Crippen LogP contribution in [0.25, 0.3) is 0 Å². The Kier molecular flexibility index (Phi) is 2.84. The van der Waals surface area contributed by atoms with Gasteiger partial charge in [0.25, 0.3) is 0 Å². The van der Waals surface area contributed by atoms with Gasteiger partial charge in [0.2, 0.25) is 0 Å². The lowest BCUT2D eigenvalue weighted by Crippen LogP contribution is -1.93. The van der Waals surface area contributed by atoms with Crippen LogP contribution in [0, 0.1) is 0 Å². The fraction of sp³-hybridized carbons (Fsp3) is 0.400. The molecule has 0 N–H and O–H groups in total. The van der Waals surface area contributed by atoms with Gasteiger partial charge in [-0.15, -0.1) is 0 Å². The summed E-state index contributed by atoms with van der Waals surface area (Å²) in [5, 5.41) is 0. The Bertz CT molecular complexity index is 114. The van der Waals surface area contributed by atoms with Crippen LogP contribution in [-0.4, -0.2) is 13.1 Å². The van der Waals surface area contributed by atoms with E-state index < -0.39 is 11.8 Å². The van der Waals surface area contributed by atoms with Crippen molar-refractivity contribution in [3.63, 3.8) is 0 Å². The van der Waals surface area contributed by atoms with E-state index in [1.54, 1.807) is 0 Å². The van der Waals surface area contributed by atoms with Crippen molar-refractivity contribution in [1.29, 1.82) is 0 Å². The molecular formula is C5H7FO2. The molecule has 0 heterocycles. The van der Waals surface area contributed by atoms with Gasteiger partial charge < -0.3 is 4.74 Å². The smallest absolute Gasteiger partial charge is 0.333 e. The summed E-state index contributed by atoms with van der Waals surface area (Å²) < 4.78 is 15.8. The number of methoxy groups -OCH3 is 1. The Morgan fingerprint density at radius 3 is 2.38 bits per heavy atom. The maximum absolute atomic E-state index is 11.7. The summed E-state index contributed by atoms with van der Waals surface area (Å²) in [6, 6.07) is 0. The first kappa shape index (κ1) is 7.14. The largest absolute Gasteiger partial charge is 0.466 e. The number of esters is 1. The van der Waals surface area contributed by atoms with Crippen LogP contribution in [0.5, 0.6) is 0 Å². The predicted octanol–water partition coefficient (Wildman–Crippen LogP) is 1.03. The average molecular weight is 118 g/mol. The summed E-state index contributed by atoms with van der Waals surface area (Å²) in [5.41, 5.74) is 0. The van der Waals surface area contributed by atoms with E-state index in [1.807, 2.05) is 0 Å². The standard InChI is InChI=1S/C5H7FO2/c1-4(6)3-5(7)8-2/h3H,1-2H3/b4-3+. The number of carbonyl (C=O) groups excluding carboxylic acids is 1. The van der Waals surface area contributed by atoms with Gasteiger partial charge >= 0.3 is 5.97 Å². The van der Waals surface area contributed by atoms with Crippen LogP contribution < -0.4 is 0 Å². The van der Waals surface area contributed by atoms with Crippen LogP contribution in [0.3, 0.4) is 0 Å². The van der Waals surface area contributed by atoms with Gasteiger partial charge in [-0.2, -0.15) is 0 Å². The highest BCUT2D eigenvalue weighted by Gasteiger charge is 1.92. The Labute approximate surface area is 47.0 Å². The Balaban J connectivity index is 3.70. The number of hydrogen-bond acceptors (Lipinski definition) is 2. The van der Waals surface area contributed by atoms with Gasteiger partial charge in [0, 0.05) is 0 Å². The molecule has 0 saturated heterocycles. The average Bonchev–Trinajstić information content (AvgIpc) is 1.65. The Morgan fingerprint density at radius 2 is 2.25 bits per heavy atom. The number of carbonyl (C=O) groups is 1. The summed E-state index contributed by atoms with van der Waals surface area (Å²) in [4.78, 5) is 10.1. The molecule has 0 aromatic rings. The van der Waals surface area contributed by atoms with E-state index in [9.17, 15) is 9.18 Å². The molecule has 46 valence electrons. The molecule has 0 aliphatic carbocycles. The van der Waals surface area contributed by atoms with Crippen LogP contribution in [0.2, 0.25) is 0 Å². The third-order valence-electron chi connectivity index (χ3n) is 0.518. The zero-order valence-electron chi connectivity index (χ0n) is 4.77. The van der Waals surface area contributed by atoms with E-state index in [4.69, 9.17) is 0 Å². The van der Waals surface area contributed by atoms with Crippen molar-refractivity contribution in [2.75, 3.05) is 7.11 Å². The first-order chi connectivity index (χ1) is 3.66. The minimum absolute atomic E-state index is 0.545. The number of ether oxygens (including phenoxy) is 1. The molecule has 8 heavy (non-hydrogen) atoms. The van der Waals surface area contributed by atoms with Gasteiger partial charge in [0.15, 0.2) is 0 Å². The highest BCUT2D eigenvalue weighted by atomic mass is 19.1. The van der Waals surface area contributed by atoms with Crippen LogP contribution in [0.15, 0.2) is 11.9 Å². The quantitative estimate of drug-likeness (QED) is 0.379. The van der Waals surface area contributed by atoms with Gasteiger partial charge in [-0.25, -0.2) is 9.18 Å². The summed E-state index contributed by atoms with van der Waals surface area (Å²) in [6.45, 7) is 1.18. The molecular weight excluding hydrogens is 111 g/mol. The summed E-state index contributed by atoms with van der Waals surface area (Å²) in [6.07, 6.45) is 0.778. The van der Waals surface area contributed by atoms with Crippen molar-refractivity contribution >= 4 is 5.97 Å². The van der Waals surface area contributed by atoms with E-state index in [-0.39, 0.29) is 0 Å². The van der Waals surface area contributed by atoms with Crippen LogP contribution in [-0.2, 0) is 9.53 Å².